The average molecular weight is 342 g/mol. The third kappa shape index (κ3) is 6.68. The summed E-state index contributed by atoms with van der Waals surface area (Å²) in [6.45, 7) is 7.44. The van der Waals surface area contributed by atoms with Gasteiger partial charge in [-0.1, -0.05) is 17.7 Å². The summed E-state index contributed by atoms with van der Waals surface area (Å²) in [5, 5.41) is 0. The molecule has 0 heterocycles. The number of hydrogen-bond donors (Lipinski definition) is 2. The Bertz CT molecular complexity index is 618. The molecule has 0 saturated carbocycles. The number of carbonyl (C=O) groups excluding carboxylic acids is 1. The molecule has 0 spiro atoms. The van der Waals surface area contributed by atoms with Crippen LogP contribution >= 0.6 is 0 Å². The topological polar surface area (TPSA) is 98.5 Å². The lowest BCUT2D eigenvalue weighted by molar-refractivity contribution is -0.157. The van der Waals surface area contributed by atoms with Crippen molar-refractivity contribution in [3.63, 3.8) is 0 Å². The smallest absolute Gasteiger partial charge is 0.324 e. The molecule has 23 heavy (non-hydrogen) atoms. The lowest BCUT2D eigenvalue weighted by Crippen LogP contribution is -2.44. The Hall–Kier alpha value is -1.44. The van der Waals surface area contributed by atoms with Crippen LogP contribution in [0.15, 0.2) is 29.2 Å². The van der Waals surface area contributed by atoms with Gasteiger partial charge in [-0.15, -0.1) is 0 Å². The fraction of sp³-hybridized carbons (Fsp3) is 0.562. The molecule has 0 fully saturated rings. The van der Waals surface area contributed by atoms with Gasteiger partial charge in [-0.05, 0) is 59.2 Å². The Morgan fingerprint density at radius 2 is 1.83 bits per heavy atom. The monoisotopic (exact) mass is 342 g/mol. The van der Waals surface area contributed by atoms with Crippen molar-refractivity contribution < 1.29 is 17.9 Å². The molecule has 0 aliphatic rings. The summed E-state index contributed by atoms with van der Waals surface area (Å²) in [7, 11) is -3.80. The van der Waals surface area contributed by atoms with Gasteiger partial charge in [-0.25, -0.2) is 8.42 Å². The first-order valence-corrected chi connectivity index (χ1v) is 9.05. The molecule has 7 heteroatoms. The third-order valence-electron chi connectivity index (χ3n) is 3.02. The fourth-order valence-corrected chi connectivity index (χ4v) is 3.11. The molecule has 1 aromatic rings. The molecule has 0 aromatic heterocycles. The summed E-state index contributed by atoms with van der Waals surface area (Å²) in [4.78, 5) is 12.4. The quantitative estimate of drug-likeness (QED) is 0.735. The van der Waals surface area contributed by atoms with Crippen molar-refractivity contribution in [3.8, 4) is 0 Å². The van der Waals surface area contributed by atoms with Crippen LogP contribution < -0.4 is 10.5 Å². The summed E-state index contributed by atoms with van der Waals surface area (Å²) in [5.41, 5.74) is 5.73. The van der Waals surface area contributed by atoms with E-state index < -0.39 is 27.6 Å². The number of nitrogens with two attached hydrogens (primary N) is 1. The summed E-state index contributed by atoms with van der Waals surface area (Å²) in [6.07, 6.45) is 0.802. The van der Waals surface area contributed by atoms with Crippen LogP contribution in [-0.2, 0) is 19.6 Å². The van der Waals surface area contributed by atoms with Gasteiger partial charge in [0.05, 0.1) is 4.90 Å². The fourth-order valence-electron chi connectivity index (χ4n) is 1.89. The van der Waals surface area contributed by atoms with Crippen LogP contribution in [-0.4, -0.2) is 32.6 Å². The van der Waals surface area contributed by atoms with Crippen LogP contribution in [0.4, 0.5) is 0 Å². The van der Waals surface area contributed by atoms with Crippen LogP contribution in [0.1, 0.15) is 39.2 Å². The average Bonchev–Trinajstić information content (AvgIpc) is 2.42. The molecule has 0 aliphatic carbocycles. The van der Waals surface area contributed by atoms with Gasteiger partial charge in [0.1, 0.15) is 11.6 Å². The predicted octanol–water partition coefficient (Wildman–Crippen LogP) is 1.72. The highest BCUT2D eigenvalue weighted by Gasteiger charge is 2.29. The molecule has 0 saturated heterocycles. The lowest BCUT2D eigenvalue weighted by Gasteiger charge is -2.24. The Morgan fingerprint density at radius 3 is 2.30 bits per heavy atom. The van der Waals surface area contributed by atoms with Gasteiger partial charge in [0, 0.05) is 0 Å². The van der Waals surface area contributed by atoms with Crippen molar-refractivity contribution >= 4 is 16.0 Å². The van der Waals surface area contributed by atoms with Crippen molar-refractivity contribution in [2.75, 3.05) is 6.54 Å². The van der Waals surface area contributed by atoms with Crippen molar-refractivity contribution in [1.82, 2.24) is 4.72 Å². The lowest BCUT2D eigenvalue weighted by atomic mass is 10.1. The molecular weight excluding hydrogens is 316 g/mol. The molecule has 1 unspecified atom stereocenters. The van der Waals surface area contributed by atoms with Gasteiger partial charge in [0.25, 0.3) is 0 Å². The molecule has 130 valence electrons. The van der Waals surface area contributed by atoms with E-state index in [0.717, 1.165) is 5.56 Å². The van der Waals surface area contributed by atoms with Gasteiger partial charge < -0.3 is 10.5 Å². The van der Waals surface area contributed by atoms with E-state index in [2.05, 4.69) is 4.72 Å². The van der Waals surface area contributed by atoms with Gasteiger partial charge in [-0.2, -0.15) is 4.72 Å². The van der Waals surface area contributed by atoms with E-state index in [1.54, 1.807) is 32.9 Å². The minimum absolute atomic E-state index is 0.115. The van der Waals surface area contributed by atoms with E-state index in [4.69, 9.17) is 10.5 Å². The molecule has 0 aliphatic heterocycles. The van der Waals surface area contributed by atoms with Crippen LogP contribution in [0.3, 0.4) is 0 Å². The second-order valence-corrected chi connectivity index (χ2v) is 8.17. The predicted molar refractivity (Wildman–Crippen MR) is 89.4 cm³/mol. The number of esters is 1. The Kier molecular flexibility index (Phi) is 6.73. The summed E-state index contributed by atoms with van der Waals surface area (Å²) < 4.78 is 32.6. The molecule has 0 radical (unpaired) electrons. The number of benzene rings is 1. The second kappa shape index (κ2) is 7.90. The number of hydrogen-bond acceptors (Lipinski definition) is 5. The van der Waals surface area contributed by atoms with E-state index in [1.807, 2.05) is 6.92 Å². The molecule has 0 amide bonds. The van der Waals surface area contributed by atoms with E-state index in [9.17, 15) is 13.2 Å². The summed E-state index contributed by atoms with van der Waals surface area (Å²) in [5.74, 6) is -0.596. The maximum Gasteiger partial charge on any atom is 0.324 e. The molecule has 0 bridgehead atoms. The standard InChI is InChI=1S/C16H26N2O4S/c1-12-7-9-13(10-8-12)23(20,21)18-14(6-5-11-17)15(19)22-16(2,3)4/h7-10,14,18H,5-6,11,17H2,1-4H3. The summed E-state index contributed by atoms with van der Waals surface area (Å²) in [6, 6.07) is 5.47. The largest absolute Gasteiger partial charge is 0.459 e. The number of nitrogens with one attached hydrogen (secondary N) is 1. The van der Waals surface area contributed by atoms with Crippen molar-refractivity contribution in [2.24, 2.45) is 5.73 Å². The SMILES string of the molecule is Cc1ccc(S(=O)(=O)NC(CCCN)C(=O)OC(C)(C)C)cc1. The van der Waals surface area contributed by atoms with E-state index in [0.29, 0.717) is 13.0 Å². The van der Waals surface area contributed by atoms with Gasteiger partial charge in [0.15, 0.2) is 0 Å². The summed E-state index contributed by atoms with van der Waals surface area (Å²) >= 11 is 0. The van der Waals surface area contributed by atoms with Gasteiger partial charge >= 0.3 is 5.97 Å². The number of carbonyl (C=O) groups is 1. The number of aryl methyl sites for hydroxylation is 1. The molecule has 6 nitrogen and oxygen atoms in total. The highest BCUT2D eigenvalue weighted by atomic mass is 32.2. The molecule has 1 rings (SSSR count). The van der Waals surface area contributed by atoms with Gasteiger partial charge in [-0.3, -0.25) is 4.79 Å². The number of ether oxygens (including phenoxy) is 1. The minimum atomic E-state index is -3.80. The first-order valence-electron chi connectivity index (χ1n) is 7.57. The molecular formula is C16H26N2O4S. The van der Waals surface area contributed by atoms with E-state index in [1.165, 1.54) is 12.1 Å². The highest BCUT2D eigenvalue weighted by molar-refractivity contribution is 7.89. The zero-order chi connectivity index (χ0) is 17.7. The van der Waals surface area contributed by atoms with E-state index >= 15 is 0 Å². The Morgan fingerprint density at radius 1 is 1.26 bits per heavy atom. The van der Waals surface area contributed by atoms with Crippen LogP contribution in [0.25, 0.3) is 0 Å². The van der Waals surface area contributed by atoms with Crippen LogP contribution in [0.2, 0.25) is 0 Å². The van der Waals surface area contributed by atoms with Crippen molar-refractivity contribution in [3.05, 3.63) is 29.8 Å². The highest BCUT2D eigenvalue weighted by Crippen LogP contribution is 2.15. The molecule has 1 aromatic carbocycles. The zero-order valence-electron chi connectivity index (χ0n) is 14.1. The molecule has 1 atom stereocenters. The number of sulfonamides is 1. The first-order chi connectivity index (χ1) is 10.5. The molecule has 3 N–H and O–H groups in total. The normalized spacial score (nSPS) is 13.6. The van der Waals surface area contributed by atoms with Crippen LogP contribution in [0, 0.1) is 6.92 Å². The minimum Gasteiger partial charge on any atom is -0.459 e. The maximum absolute atomic E-state index is 12.4. The van der Waals surface area contributed by atoms with E-state index in [-0.39, 0.29) is 11.3 Å². The van der Waals surface area contributed by atoms with Crippen LogP contribution in [0.5, 0.6) is 0 Å². The number of rotatable bonds is 7. The first kappa shape index (κ1) is 19.6. The third-order valence-corrected chi connectivity index (χ3v) is 4.50. The van der Waals surface area contributed by atoms with Crippen molar-refractivity contribution in [1.29, 1.82) is 0 Å². The van der Waals surface area contributed by atoms with Gasteiger partial charge in [0.2, 0.25) is 10.0 Å². The van der Waals surface area contributed by atoms with Crippen molar-refractivity contribution in [2.45, 2.75) is 57.1 Å². The zero-order valence-corrected chi connectivity index (χ0v) is 14.9. The Labute approximate surface area is 138 Å². The Balaban J connectivity index is 2.95. The second-order valence-electron chi connectivity index (χ2n) is 6.45. The maximum atomic E-state index is 12.4.